The van der Waals surface area contributed by atoms with Crippen LogP contribution in [0, 0.1) is 0 Å². The minimum absolute atomic E-state index is 0.534. The van der Waals surface area contributed by atoms with Crippen LogP contribution in [0.4, 0.5) is 0 Å². The van der Waals surface area contributed by atoms with Gasteiger partial charge in [0.2, 0.25) is 0 Å². The Morgan fingerprint density at radius 1 is 1.13 bits per heavy atom. The van der Waals surface area contributed by atoms with Gasteiger partial charge in [-0.1, -0.05) is 25.0 Å². The Morgan fingerprint density at radius 2 is 1.80 bits per heavy atom. The molecule has 1 fully saturated rings. The Morgan fingerprint density at radius 3 is 2.40 bits per heavy atom. The van der Waals surface area contributed by atoms with E-state index in [1.54, 1.807) is 7.11 Å². The van der Waals surface area contributed by atoms with Gasteiger partial charge < -0.3 is 4.74 Å². The molecule has 0 aliphatic heterocycles. The molecule has 0 aromatic heterocycles. The molecular formula is C13H18OS. The SMILES string of the molecule is COc1ccc(C2CCCCC2S)cc1. The quantitative estimate of drug-likeness (QED) is 0.751. The molecule has 1 saturated carbocycles. The van der Waals surface area contributed by atoms with E-state index in [1.807, 2.05) is 12.1 Å². The van der Waals surface area contributed by atoms with E-state index in [-0.39, 0.29) is 0 Å². The van der Waals surface area contributed by atoms with Crippen molar-refractivity contribution in [1.82, 2.24) is 0 Å². The van der Waals surface area contributed by atoms with Crippen molar-refractivity contribution in [1.29, 1.82) is 0 Å². The zero-order chi connectivity index (χ0) is 10.7. The normalized spacial score (nSPS) is 26.3. The molecule has 0 heterocycles. The van der Waals surface area contributed by atoms with E-state index in [4.69, 9.17) is 4.74 Å². The van der Waals surface area contributed by atoms with Crippen LogP contribution in [0.1, 0.15) is 37.2 Å². The second-order valence-corrected chi connectivity index (χ2v) is 4.89. The molecule has 0 bridgehead atoms. The molecule has 0 spiro atoms. The first kappa shape index (κ1) is 10.9. The molecule has 15 heavy (non-hydrogen) atoms. The summed E-state index contributed by atoms with van der Waals surface area (Å²) in [4.78, 5) is 0. The molecule has 82 valence electrons. The molecule has 2 unspecified atom stereocenters. The molecular weight excluding hydrogens is 204 g/mol. The fourth-order valence-electron chi connectivity index (χ4n) is 2.35. The van der Waals surface area contributed by atoms with Crippen molar-refractivity contribution in [3.63, 3.8) is 0 Å². The van der Waals surface area contributed by atoms with Gasteiger partial charge in [-0.2, -0.15) is 12.6 Å². The molecule has 1 aliphatic rings. The largest absolute Gasteiger partial charge is 0.497 e. The van der Waals surface area contributed by atoms with E-state index in [2.05, 4.69) is 24.8 Å². The van der Waals surface area contributed by atoms with E-state index >= 15 is 0 Å². The van der Waals surface area contributed by atoms with Gasteiger partial charge >= 0.3 is 0 Å². The first-order valence-corrected chi connectivity index (χ1v) is 6.15. The predicted molar refractivity (Wildman–Crippen MR) is 67.0 cm³/mol. The summed E-state index contributed by atoms with van der Waals surface area (Å²) in [6.45, 7) is 0. The third kappa shape index (κ3) is 2.49. The number of methoxy groups -OCH3 is 1. The zero-order valence-corrected chi connectivity index (χ0v) is 10.0. The summed E-state index contributed by atoms with van der Waals surface area (Å²) in [6, 6.07) is 8.45. The highest BCUT2D eigenvalue weighted by molar-refractivity contribution is 7.81. The molecule has 2 heteroatoms. The van der Waals surface area contributed by atoms with Crippen molar-refractivity contribution < 1.29 is 4.74 Å². The Balaban J connectivity index is 2.13. The maximum atomic E-state index is 5.16. The van der Waals surface area contributed by atoms with E-state index in [1.165, 1.54) is 31.2 Å². The number of thiol groups is 1. The van der Waals surface area contributed by atoms with Gasteiger partial charge in [-0.05, 0) is 36.5 Å². The predicted octanol–water partition coefficient (Wildman–Crippen LogP) is 3.65. The van der Waals surface area contributed by atoms with Crippen LogP contribution in [0.2, 0.25) is 0 Å². The minimum Gasteiger partial charge on any atom is -0.497 e. The van der Waals surface area contributed by atoms with Crippen molar-refractivity contribution in [2.24, 2.45) is 0 Å². The summed E-state index contributed by atoms with van der Waals surface area (Å²) >= 11 is 4.69. The molecule has 0 radical (unpaired) electrons. The molecule has 2 atom stereocenters. The molecule has 0 saturated heterocycles. The van der Waals surface area contributed by atoms with Crippen molar-refractivity contribution in [2.45, 2.75) is 36.9 Å². The monoisotopic (exact) mass is 222 g/mol. The lowest BCUT2D eigenvalue weighted by Crippen LogP contribution is -2.17. The summed E-state index contributed by atoms with van der Waals surface area (Å²) in [5, 5.41) is 0.534. The maximum Gasteiger partial charge on any atom is 0.118 e. The highest BCUT2D eigenvalue weighted by Crippen LogP contribution is 2.36. The molecule has 1 aromatic rings. The summed E-state index contributed by atoms with van der Waals surface area (Å²) in [5.74, 6) is 1.57. The fourth-order valence-corrected chi connectivity index (χ4v) is 2.85. The second kappa shape index (κ2) is 4.93. The number of ether oxygens (including phenoxy) is 1. The average molecular weight is 222 g/mol. The standard InChI is InChI=1S/C13H18OS/c1-14-11-8-6-10(7-9-11)12-4-2-3-5-13(12)15/h6-9,12-13,15H,2-5H2,1H3. The molecule has 1 aliphatic carbocycles. The summed E-state index contributed by atoms with van der Waals surface area (Å²) < 4.78 is 5.16. The van der Waals surface area contributed by atoms with Crippen LogP contribution in [0.3, 0.4) is 0 Å². The van der Waals surface area contributed by atoms with Crippen molar-refractivity contribution in [2.75, 3.05) is 7.11 Å². The third-order valence-electron chi connectivity index (χ3n) is 3.27. The van der Waals surface area contributed by atoms with Gasteiger partial charge in [-0.3, -0.25) is 0 Å². The van der Waals surface area contributed by atoms with Crippen LogP contribution in [0.5, 0.6) is 5.75 Å². The number of hydrogen-bond donors (Lipinski definition) is 1. The highest BCUT2D eigenvalue weighted by Gasteiger charge is 2.23. The molecule has 1 nitrogen and oxygen atoms in total. The second-order valence-electron chi connectivity index (χ2n) is 4.23. The summed E-state index contributed by atoms with van der Waals surface area (Å²) in [7, 11) is 1.71. The van der Waals surface area contributed by atoms with Crippen LogP contribution >= 0.6 is 12.6 Å². The fraction of sp³-hybridized carbons (Fsp3) is 0.538. The Labute approximate surface area is 97.2 Å². The van der Waals surface area contributed by atoms with Gasteiger partial charge in [0.15, 0.2) is 0 Å². The lowest BCUT2D eigenvalue weighted by Gasteiger charge is -2.28. The number of benzene rings is 1. The molecule has 2 rings (SSSR count). The van der Waals surface area contributed by atoms with E-state index in [9.17, 15) is 0 Å². The van der Waals surface area contributed by atoms with Gasteiger partial charge in [0.25, 0.3) is 0 Å². The first-order chi connectivity index (χ1) is 7.31. The first-order valence-electron chi connectivity index (χ1n) is 5.63. The van der Waals surface area contributed by atoms with Gasteiger partial charge in [-0.25, -0.2) is 0 Å². The third-order valence-corrected chi connectivity index (χ3v) is 3.89. The molecule has 0 N–H and O–H groups in total. The Bertz CT molecular complexity index is 307. The topological polar surface area (TPSA) is 9.23 Å². The van der Waals surface area contributed by atoms with E-state index in [0.717, 1.165) is 5.75 Å². The Hall–Kier alpha value is -0.630. The van der Waals surface area contributed by atoms with Gasteiger partial charge in [-0.15, -0.1) is 0 Å². The van der Waals surface area contributed by atoms with Crippen molar-refractivity contribution >= 4 is 12.6 Å². The van der Waals surface area contributed by atoms with Crippen molar-refractivity contribution in [3.8, 4) is 5.75 Å². The van der Waals surface area contributed by atoms with Crippen molar-refractivity contribution in [3.05, 3.63) is 29.8 Å². The lowest BCUT2D eigenvalue weighted by molar-refractivity contribution is 0.413. The zero-order valence-electron chi connectivity index (χ0n) is 9.15. The van der Waals surface area contributed by atoms with E-state index < -0.39 is 0 Å². The Kier molecular flexibility index (Phi) is 3.57. The van der Waals surface area contributed by atoms with Gasteiger partial charge in [0.1, 0.15) is 5.75 Å². The maximum absolute atomic E-state index is 5.16. The van der Waals surface area contributed by atoms with Crippen LogP contribution < -0.4 is 4.74 Å². The van der Waals surface area contributed by atoms with Crippen LogP contribution in [0.15, 0.2) is 24.3 Å². The van der Waals surface area contributed by atoms with Gasteiger partial charge in [0.05, 0.1) is 7.11 Å². The average Bonchev–Trinajstić information content (AvgIpc) is 2.30. The highest BCUT2D eigenvalue weighted by atomic mass is 32.1. The van der Waals surface area contributed by atoms with Crippen LogP contribution in [0.25, 0.3) is 0 Å². The minimum atomic E-state index is 0.534. The lowest BCUT2D eigenvalue weighted by atomic mass is 9.83. The number of rotatable bonds is 2. The summed E-state index contributed by atoms with van der Waals surface area (Å²) in [6.07, 6.45) is 5.20. The molecule has 0 amide bonds. The molecule has 1 aromatic carbocycles. The smallest absolute Gasteiger partial charge is 0.118 e. The van der Waals surface area contributed by atoms with Crippen LogP contribution in [-0.2, 0) is 0 Å². The van der Waals surface area contributed by atoms with E-state index in [0.29, 0.717) is 11.2 Å². The number of hydrogen-bond acceptors (Lipinski definition) is 2. The van der Waals surface area contributed by atoms with Gasteiger partial charge in [0, 0.05) is 5.25 Å². The van der Waals surface area contributed by atoms with Crippen LogP contribution in [-0.4, -0.2) is 12.4 Å². The summed E-state index contributed by atoms with van der Waals surface area (Å²) in [5.41, 5.74) is 1.41.